The fourth-order valence-electron chi connectivity index (χ4n) is 1.52. The highest BCUT2D eigenvalue weighted by Crippen LogP contribution is 2.29. The average Bonchev–Trinajstić information content (AvgIpc) is 2.39. The van der Waals surface area contributed by atoms with Crippen molar-refractivity contribution < 1.29 is 17.6 Å². The minimum Gasteiger partial charge on any atom is -0.227 e. The monoisotopic (exact) mass is 345 g/mol. The van der Waals surface area contributed by atoms with E-state index in [0.717, 1.165) is 12.1 Å². The van der Waals surface area contributed by atoms with Crippen LogP contribution in [0.4, 0.5) is 17.6 Å². The molecule has 2 aromatic rings. The summed E-state index contributed by atoms with van der Waals surface area (Å²) in [6.07, 6.45) is -0.0598. The Bertz CT molecular complexity index is 633. The van der Waals surface area contributed by atoms with Crippen molar-refractivity contribution in [2.24, 2.45) is 0 Å². The van der Waals surface area contributed by atoms with Gasteiger partial charge in [-0.2, -0.15) is 17.6 Å². The molecule has 0 spiro atoms. The van der Waals surface area contributed by atoms with E-state index in [-0.39, 0.29) is 5.56 Å². The number of halogens is 5. The molecule has 1 nitrogen and oxygen atoms in total. The summed E-state index contributed by atoms with van der Waals surface area (Å²) in [4.78, 5) is 3.52. The third kappa shape index (κ3) is 3.66. The van der Waals surface area contributed by atoms with E-state index in [9.17, 15) is 17.6 Å². The number of aromatic nitrogens is 1. The van der Waals surface area contributed by atoms with Gasteiger partial charge in [-0.05, 0) is 45.8 Å². The van der Waals surface area contributed by atoms with Crippen molar-refractivity contribution in [3.8, 4) is 0 Å². The van der Waals surface area contributed by atoms with Crippen molar-refractivity contribution in [3.05, 3.63) is 63.6 Å². The van der Waals surface area contributed by atoms with Crippen molar-refractivity contribution in [1.29, 1.82) is 0 Å². The summed E-state index contributed by atoms with van der Waals surface area (Å²) in [5.41, 5.74) is 0.0709. The summed E-state index contributed by atoms with van der Waals surface area (Å²) in [5, 5.41) is 0. The normalized spacial score (nSPS) is 12.1. The van der Waals surface area contributed by atoms with Crippen molar-refractivity contribution >= 4 is 28.1 Å². The second-order valence-electron chi connectivity index (χ2n) is 3.99. The van der Waals surface area contributed by atoms with Crippen LogP contribution in [0, 0.1) is 5.95 Å². The van der Waals surface area contributed by atoms with Gasteiger partial charge >= 0.3 is 6.18 Å². The number of hydrogen-bond acceptors (Lipinski definition) is 1. The van der Waals surface area contributed by atoms with E-state index in [1.807, 2.05) is 0 Å². The minimum atomic E-state index is -4.36. The Balaban J connectivity index is 2.21. The molecule has 0 radical (unpaired) electrons. The highest BCUT2D eigenvalue weighted by molar-refractivity contribution is 9.10. The maximum atomic E-state index is 13.4. The summed E-state index contributed by atoms with van der Waals surface area (Å²) in [6, 6.07) is 6.14. The molecule has 0 N–H and O–H groups in total. The van der Waals surface area contributed by atoms with Crippen molar-refractivity contribution in [2.45, 2.75) is 6.18 Å². The third-order valence-electron chi connectivity index (χ3n) is 2.53. The van der Waals surface area contributed by atoms with Crippen molar-refractivity contribution in [1.82, 2.24) is 4.98 Å². The van der Waals surface area contributed by atoms with Gasteiger partial charge in [-0.15, -0.1) is 0 Å². The number of pyridine rings is 1. The minimum absolute atomic E-state index is 0.249. The van der Waals surface area contributed by atoms with E-state index >= 15 is 0 Å². The van der Waals surface area contributed by atoms with Gasteiger partial charge in [0.1, 0.15) is 0 Å². The van der Waals surface area contributed by atoms with Crippen LogP contribution in [0.1, 0.15) is 16.7 Å². The van der Waals surface area contributed by atoms with E-state index < -0.39 is 17.7 Å². The molecule has 0 amide bonds. The zero-order chi connectivity index (χ0) is 14.8. The van der Waals surface area contributed by atoms with E-state index in [1.54, 1.807) is 0 Å². The first-order chi connectivity index (χ1) is 9.36. The Morgan fingerprint density at radius 3 is 2.30 bits per heavy atom. The van der Waals surface area contributed by atoms with Gasteiger partial charge in [0, 0.05) is 16.2 Å². The van der Waals surface area contributed by atoms with Crippen molar-refractivity contribution in [2.75, 3.05) is 0 Å². The summed E-state index contributed by atoms with van der Waals surface area (Å²) in [7, 11) is 0. The van der Waals surface area contributed by atoms with Gasteiger partial charge in [-0.1, -0.05) is 18.2 Å². The van der Waals surface area contributed by atoms with Gasteiger partial charge < -0.3 is 0 Å². The highest BCUT2D eigenvalue weighted by atomic mass is 79.9. The number of hydrogen-bond donors (Lipinski definition) is 0. The summed E-state index contributed by atoms with van der Waals surface area (Å²) in [6.45, 7) is 0. The van der Waals surface area contributed by atoms with Crippen LogP contribution in [0.25, 0.3) is 12.2 Å². The zero-order valence-corrected chi connectivity index (χ0v) is 11.5. The second-order valence-corrected chi connectivity index (χ2v) is 4.90. The standard InChI is InChI=1S/C14H8BrF4N/c15-12-7-10(13(16)20-8-12)4-1-9-2-5-11(6-3-9)14(17,18)19/h1-8H/b4-1+. The fourth-order valence-corrected chi connectivity index (χ4v) is 1.87. The molecular formula is C14H8BrF4N. The van der Waals surface area contributed by atoms with Crippen LogP contribution in [0.5, 0.6) is 0 Å². The predicted molar refractivity (Wildman–Crippen MR) is 72.3 cm³/mol. The van der Waals surface area contributed by atoms with Crippen LogP contribution in [-0.4, -0.2) is 4.98 Å². The third-order valence-corrected chi connectivity index (χ3v) is 2.96. The molecule has 0 fully saturated rings. The molecule has 0 saturated carbocycles. The summed E-state index contributed by atoms with van der Waals surface area (Å²) < 4.78 is 51.1. The van der Waals surface area contributed by atoms with Crippen LogP contribution in [0.15, 0.2) is 41.0 Å². The van der Waals surface area contributed by atoms with Gasteiger partial charge in [0.2, 0.25) is 5.95 Å². The van der Waals surface area contributed by atoms with Crippen LogP contribution < -0.4 is 0 Å². The molecule has 6 heteroatoms. The lowest BCUT2D eigenvalue weighted by molar-refractivity contribution is -0.137. The van der Waals surface area contributed by atoms with E-state index in [1.165, 1.54) is 36.5 Å². The lowest BCUT2D eigenvalue weighted by Gasteiger charge is -2.05. The first-order valence-corrected chi connectivity index (χ1v) is 6.32. The molecular weight excluding hydrogens is 338 g/mol. The number of rotatable bonds is 2. The van der Waals surface area contributed by atoms with Gasteiger partial charge in [0.15, 0.2) is 0 Å². The van der Waals surface area contributed by atoms with Gasteiger partial charge in [-0.3, -0.25) is 0 Å². The molecule has 0 bridgehead atoms. The Kier molecular flexibility index (Phi) is 4.23. The molecule has 0 atom stereocenters. The molecule has 0 unspecified atom stereocenters. The zero-order valence-electron chi connectivity index (χ0n) is 9.96. The van der Waals surface area contributed by atoms with Gasteiger partial charge in [-0.25, -0.2) is 4.98 Å². The lowest BCUT2D eigenvalue weighted by Crippen LogP contribution is -2.03. The largest absolute Gasteiger partial charge is 0.416 e. The molecule has 1 aromatic carbocycles. The molecule has 1 heterocycles. The van der Waals surface area contributed by atoms with Crippen LogP contribution >= 0.6 is 15.9 Å². The number of alkyl halides is 3. The summed E-state index contributed by atoms with van der Waals surface area (Å²) >= 11 is 3.17. The topological polar surface area (TPSA) is 12.9 Å². The number of nitrogens with zero attached hydrogens (tertiary/aromatic N) is 1. The van der Waals surface area contributed by atoms with Gasteiger partial charge in [0.05, 0.1) is 5.56 Å². The Labute approximate surface area is 121 Å². The smallest absolute Gasteiger partial charge is 0.227 e. The molecule has 2 rings (SSSR count). The predicted octanol–water partition coefficient (Wildman–Crippen LogP) is 5.17. The number of benzene rings is 1. The SMILES string of the molecule is Fc1ncc(Br)cc1/C=C/c1ccc(C(F)(F)F)cc1. The average molecular weight is 346 g/mol. The first-order valence-electron chi connectivity index (χ1n) is 5.52. The molecule has 20 heavy (non-hydrogen) atoms. The van der Waals surface area contributed by atoms with E-state index in [2.05, 4.69) is 20.9 Å². The first kappa shape index (κ1) is 14.7. The lowest BCUT2D eigenvalue weighted by atomic mass is 10.1. The quantitative estimate of drug-likeness (QED) is 0.540. The van der Waals surface area contributed by atoms with Crippen LogP contribution in [0.2, 0.25) is 0 Å². The van der Waals surface area contributed by atoms with Crippen LogP contribution in [0.3, 0.4) is 0 Å². The Morgan fingerprint density at radius 2 is 1.70 bits per heavy atom. The van der Waals surface area contributed by atoms with Gasteiger partial charge in [0.25, 0.3) is 0 Å². The van der Waals surface area contributed by atoms with Crippen LogP contribution in [-0.2, 0) is 6.18 Å². The van der Waals surface area contributed by atoms with E-state index in [4.69, 9.17) is 0 Å². The maximum absolute atomic E-state index is 13.4. The highest BCUT2D eigenvalue weighted by Gasteiger charge is 2.29. The molecule has 0 aliphatic carbocycles. The Morgan fingerprint density at radius 1 is 1.05 bits per heavy atom. The summed E-state index contributed by atoms with van der Waals surface area (Å²) in [5.74, 6) is -0.642. The van der Waals surface area contributed by atoms with Crippen molar-refractivity contribution in [3.63, 3.8) is 0 Å². The molecule has 0 aliphatic heterocycles. The van der Waals surface area contributed by atoms with E-state index in [0.29, 0.717) is 10.0 Å². The Hall–Kier alpha value is -1.69. The molecule has 0 saturated heterocycles. The molecule has 1 aromatic heterocycles. The molecule has 0 aliphatic rings. The second kappa shape index (κ2) is 5.75. The molecule has 104 valence electrons. The fraction of sp³-hybridized carbons (Fsp3) is 0.0714. The maximum Gasteiger partial charge on any atom is 0.416 e.